The summed E-state index contributed by atoms with van der Waals surface area (Å²) in [6.45, 7) is 2.68. The number of aromatic nitrogens is 2. The zero-order valence-electron chi connectivity index (χ0n) is 12.1. The largest absolute Gasteiger partial charge is 0.355 e. The summed E-state index contributed by atoms with van der Waals surface area (Å²) in [6.07, 6.45) is 6.76. The Labute approximate surface area is 128 Å². The molecule has 0 saturated heterocycles. The number of hydrogen-bond acceptors (Lipinski definition) is 4. The maximum absolute atomic E-state index is 11.9. The number of nitrogens with one attached hydrogen (secondary N) is 1. The molecule has 5 heteroatoms. The monoisotopic (exact) mass is 301 g/mol. The van der Waals surface area contributed by atoms with Crippen molar-refractivity contribution >= 4 is 17.2 Å². The summed E-state index contributed by atoms with van der Waals surface area (Å²) in [7, 11) is 0. The minimum atomic E-state index is 0.159. The highest BCUT2D eigenvalue weighted by molar-refractivity contribution is 7.13. The highest BCUT2D eigenvalue weighted by Gasteiger charge is 2.32. The van der Waals surface area contributed by atoms with Gasteiger partial charge in [0.05, 0.1) is 5.69 Å². The van der Waals surface area contributed by atoms with E-state index in [2.05, 4.69) is 20.7 Å². The van der Waals surface area contributed by atoms with Gasteiger partial charge < -0.3 is 5.32 Å². The number of rotatable bonds is 6. The lowest BCUT2D eigenvalue weighted by molar-refractivity contribution is -0.125. The molecule has 0 radical (unpaired) electrons. The van der Waals surface area contributed by atoms with Gasteiger partial charge in [-0.05, 0) is 30.9 Å². The molecule has 0 spiro atoms. The molecule has 1 atom stereocenters. The molecule has 2 aromatic heterocycles. The van der Waals surface area contributed by atoms with Crippen LogP contribution in [0.15, 0.2) is 29.9 Å². The van der Waals surface area contributed by atoms with Gasteiger partial charge in [-0.25, -0.2) is 4.98 Å². The summed E-state index contributed by atoms with van der Waals surface area (Å²) in [5.41, 5.74) is 2.07. The van der Waals surface area contributed by atoms with Crippen LogP contribution in [0, 0.1) is 11.8 Å². The average molecular weight is 301 g/mol. The van der Waals surface area contributed by atoms with Crippen molar-refractivity contribution in [2.24, 2.45) is 11.8 Å². The van der Waals surface area contributed by atoms with Crippen LogP contribution in [0.5, 0.6) is 0 Å². The van der Waals surface area contributed by atoms with Crippen LogP contribution in [0.4, 0.5) is 0 Å². The van der Waals surface area contributed by atoms with Crippen molar-refractivity contribution in [3.8, 4) is 10.6 Å². The standard InChI is InChI=1S/C16H19N3OS/c1-11(12-4-5-12)15(20)18-8-6-14-10-21-16(19-14)13-3-2-7-17-9-13/h2-3,7,9-12H,4-6,8H2,1H3,(H,18,20). The fourth-order valence-electron chi connectivity index (χ4n) is 2.33. The Bertz CT molecular complexity index is 607. The van der Waals surface area contributed by atoms with Crippen LogP contribution in [-0.2, 0) is 11.2 Å². The molecule has 110 valence electrons. The minimum absolute atomic E-state index is 0.159. The first kappa shape index (κ1) is 14.2. The zero-order chi connectivity index (χ0) is 14.7. The third-order valence-corrected chi connectivity index (χ3v) is 4.82. The first-order valence-corrected chi connectivity index (χ1v) is 8.24. The number of pyridine rings is 1. The molecule has 1 saturated carbocycles. The van der Waals surface area contributed by atoms with E-state index in [-0.39, 0.29) is 11.8 Å². The van der Waals surface area contributed by atoms with E-state index >= 15 is 0 Å². The van der Waals surface area contributed by atoms with Crippen LogP contribution in [0.1, 0.15) is 25.5 Å². The minimum Gasteiger partial charge on any atom is -0.355 e. The fraction of sp³-hybridized carbons (Fsp3) is 0.438. The molecule has 2 heterocycles. The molecule has 0 bridgehead atoms. The highest BCUT2D eigenvalue weighted by Crippen LogP contribution is 2.36. The van der Waals surface area contributed by atoms with E-state index in [0.717, 1.165) is 22.7 Å². The molecule has 1 aliphatic carbocycles. The Morgan fingerprint density at radius 2 is 2.38 bits per heavy atom. The quantitative estimate of drug-likeness (QED) is 0.892. The third-order valence-electron chi connectivity index (χ3n) is 3.88. The van der Waals surface area contributed by atoms with Crippen molar-refractivity contribution in [1.29, 1.82) is 0 Å². The average Bonchev–Trinajstić information content (AvgIpc) is 3.26. The van der Waals surface area contributed by atoms with Gasteiger partial charge in [0.15, 0.2) is 0 Å². The van der Waals surface area contributed by atoms with E-state index in [4.69, 9.17) is 0 Å². The van der Waals surface area contributed by atoms with Gasteiger partial charge in [0.25, 0.3) is 0 Å². The van der Waals surface area contributed by atoms with Gasteiger partial charge in [-0.15, -0.1) is 11.3 Å². The van der Waals surface area contributed by atoms with Gasteiger partial charge in [0.2, 0.25) is 5.91 Å². The first-order chi connectivity index (χ1) is 10.2. The van der Waals surface area contributed by atoms with Crippen LogP contribution in [0.3, 0.4) is 0 Å². The van der Waals surface area contributed by atoms with Crippen LogP contribution in [-0.4, -0.2) is 22.4 Å². The molecular weight excluding hydrogens is 282 g/mol. The number of nitrogens with zero attached hydrogens (tertiary/aromatic N) is 2. The van der Waals surface area contributed by atoms with Crippen LogP contribution >= 0.6 is 11.3 Å². The van der Waals surface area contributed by atoms with Gasteiger partial charge >= 0.3 is 0 Å². The molecule has 1 unspecified atom stereocenters. The van der Waals surface area contributed by atoms with Crippen LogP contribution in [0.25, 0.3) is 10.6 Å². The Hall–Kier alpha value is -1.75. The Balaban J connectivity index is 1.50. The van der Waals surface area contributed by atoms with E-state index in [1.165, 1.54) is 12.8 Å². The Morgan fingerprint density at radius 1 is 1.52 bits per heavy atom. The smallest absolute Gasteiger partial charge is 0.223 e. The second kappa shape index (κ2) is 6.35. The van der Waals surface area contributed by atoms with Crippen molar-refractivity contribution in [2.45, 2.75) is 26.2 Å². The van der Waals surface area contributed by atoms with Crippen molar-refractivity contribution in [3.05, 3.63) is 35.6 Å². The fourth-order valence-corrected chi connectivity index (χ4v) is 3.17. The van der Waals surface area contributed by atoms with E-state index in [0.29, 0.717) is 12.5 Å². The molecule has 1 fully saturated rings. The first-order valence-electron chi connectivity index (χ1n) is 7.36. The Kier molecular flexibility index (Phi) is 4.29. The molecule has 4 nitrogen and oxygen atoms in total. The number of thiazole rings is 1. The van der Waals surface area contributed by atoms with E-state index in [9.17, 15) is 4.79 Å². The van der Waals surface area contributed by atoms with Crippen molar-refractivity contribution < 1.29 is 4.79 Å². The molecule has 1 amide bonds. The second-order valence-electron chi connectivity index (χ2n) is 5.55. The van der Waals surface area contributed by atoms with Gasteiger partial charge in [0.1, 0.15) is 5.01 Å². The lowest BCUT2D eigenvalue weighted by Gasteiger charge is -2.10. The summed E-state index contributed by atoms with van der Waals surface area (Å²) in [5, 5.41) is 6.05. The lowest BCUT2D eigenvalue weighted by Crippen LogP contribution is -2.31. The molecule has 0 aliphatic heterocycles. The normalized spacial score (nSPS) is 15.7. The molecule has 3 rings (SSSR count). The maximum Gasteiger partial charge on any atom is 0.223 e. The van der Waals surface area contributed by atoms with Crippen molar-refractivity contribution in [2.75, 3.05) is 6.54 Å². The second-order valence-corrected chi connectivity index (χ2v) is 6.41. The van der Waals surface area contributed by atoms with E-state index < -0.39 is 0 Å². The molecule has 1 aliphatic rings. The van der Waals surface area contributed by atoms with E-state index in [1.807, 2.05) is 25.3 Å². The summed E-state index contributed by atoms with van der Waals surface area (Å²) >= 11 is 1.62. The van der Waals surface area contributed by atoms with Gasteiger partial charge in [-0.1, -0.05) is 6.92 Å². The highest BCUT2D eigenvalue weighted by atomic mass is 32.1. The summed E-state index contributed by atoms with van der Waals surface area (Å²) in [6, 6.07) is 3.92. The maximum atomic E-state index is 11.9. The third kappa shape index (κ3) is 3.67. The molecule has 21 heavy (non-hydrogen) atoms. The summed E-state index contributed by atoms with van der Waals surface area (Å²) in [5.74, 6) is 0.952. The van der Waals surface area contributed by atoms with Gasteiger partial charge in [-0.3, -0.25) is 9.78 Å². The summed E-state index contributed by atoms with van der Waals surface area (Å²) < 4.78 is 0. The lowest BCUT2D eigenvalue weighted by atomic mass is 10.1. The predicted octanol–water partition coefficient (Wildman–Crippen LogP) is 2.91. The van der Waals surface area contributed by atoms with Crippen LogP contribution < -0.4 is 5.32 Å². The molecular formula is C16H19N3OS. The zero-order valence-corrected chi connectivity index (χ0v) is 12.9. The summed E-state index contributed by atoms with van der Waals surface area (Å²) in [4.78, 5) is 20.6. The SMILES string of the molecule is CC(C(=O)NCCc1csc(-c2cccnc2)n1)C1CC1. The van der Waals surface area contributed by atoms with E-state index in [1.54, 1.807) is 17.5 Å². The number of carbonyl (C=O) groups excluding carboxylic acids is 1. The number of amides is 1. The predicted molar refractivity (Wildman–Crippen MR) is 83.9 cm³/mol. The number of hydrogen-bond donors (Lipinski definition) is 1. The van der Waals surface area contributed by atoms with Crippen molar-refractivity contribution in [3.63, 3.8) is 0 Å². The topological polar surface area (TPSA) is 54.9 Å². The number of carbonyl (C=O) groups is 1. The van der Waals surface area contributed by atoms with Crippen LogP contribution in [0.2, 0.25) is 0 Å². The van der Waals surface area contributed by atoms with Crippen molar-refractivity contribution in [1.82, 2.24) is 15.3 Å². The molecule has 0 aromatic carbocycles. The molecule has 2 aromatic rings. The van der Waals surface area contributed by atoms with Gasteiger partial charge in [0, 0.05) is 42.2 Å². The molecule has 1 N–H and O–H groups in total. The Morgan fingerprint density at radius 3 is 3.10 bits per heavy atom. The van der Waals surface area contributed by atoms with Gasteiger partial charge in [-0.2, -0.15) is 0 Å².